The number of primary sulfonamides is 1. The van der Waals surface area contributed by atoms with E-state index in [9.17, 15) is 23.4 Å². The predicted molar refractivity (Wildman–Crippen MR) is 133 cm³/mol. The molecule has 0 aliphatic carbocycles. The Labute approximate surface area is 209 Å². The number of sulfonamides is 1. The number of hydrogen-bond donors (Lipinski definition) is 4. The van der Waals surface area contributed by atoms with Crippen LogP contribution in [0, 0.1) is 0 Å². The number of benzene rings is 3. The lowest BCUT2D eigenvalue weighted by Gasteiger charge is -2.26. The summed E-state index contributed by atoms with van der Waals surface area (Å²) in [6.07, 6.45) is -1.03. The second kappa shape index (κ2) is 11.9. The number of aliphatic hydroxyl groups excluding tert-OH is 1. The zero-order valence-corrected chi connectivity index (χ0v) is 20.5. The van der Waals surface area contributed by atoms with E-state index in [1.54, 1.807) is 6.07 Å². The number of nitrogens with two attached hydrogens (primary N) is 2. The molecule has 0 heterocycles. The zero-order valence-electron chi connectivity index (χ0n) is 19.7. The molecule has 1 atom stereocenters. The molecule has 6 N–H and O–H groups in total. The summed E-state index contributed by atoms with van der Waals surface area (Å²) < 4.78 is 34.7. The molecule has 3 aromatic carbocycles. The van der Waals surface area contributed by atoms with Crippen molar-refractivity contribution >= 4 is 15.9 Å². The van der Waals surface area contributed by atoms with Gasteiger partial charge in [-0.25, -0.2) is 13.6 Å². The van der Waals surface area contributed by atoms with Crippen LogP contribution >= 0.6 is 0 Å². The Balaban J connectivity index is 1.75. The number of amides is 1. The molecule has 0 saturated heterocycles. The van der Waals surface area contributed by atoms with Gasteiger partial charge in [0, 0.05) is 19.6 Å². The molecule has 1 unspecified atom stereocenters. The third-order valence-corrected chi connectivity index (χ3v) is 6.40. The Bertz CT molecular complexity index is 1300. The fourth-order valence-electron chi connectivity index (χ4n) is 3.64. The van der Waals surface area contributed by atoms with E-state index >= 15 is 0 Å². The molecule has 0 bridgehead atoms. The summed E-state index contributed by atoms with van der Waals surface area (Å²) in [5, 5.41) is 26.0. The highest BCUT2D eigenvalue weighted by Crippen LogP contribution is 2.27. The summed E-state index contributed by atoms with van der Waals surface area (Å²) in [5.41, 5.74) is 6.59. The van der Waals surface area contributed by atoms with E-state index < -0.39 is 22.0 Å². The van der Waals surface area contributed by atoms with Gasteiger partial charge in [0.2, 0.25) is 10.0 Å². The highest BCUT2D eigenvalue weighted by atomic mass is 32.2. The number of nitrogens with zero attached hydrogens (tertiary/aromatic N) is 1. The molecule has 0 radical (unpaired) electrons. The van der Waals surface area contributed by atoms with E-state index in [0.717, 1.165) is 5.56 Å². The average Bonchev–Trinajstić information content (AvgIpc) is 2.84. The highest BCUT2D eigenvalue weighted by molar-refractivity contribution is 7.89. The van der Waals surface area contributed by atoms with Gasteiger partial charge in [-0.15, -0.1) is 0 Å². The number of rotatable bonds is 12. The van der Waals surface area contributed by atoms with Crippen molar-refractivity contribution < 1.29 is 32.9 Å². The quantitative estimate of drug-likeness (QED) is 0.283. The number of hydrogen-bond acceptors (Lipinski definition) is 8. The van der Waals surface area contributed by atoms with Crippen LogP contribution in [-0.4, -0.2) is 56.2 Å². The SMILES string of the molecule is COc1ccc(C(O)CN(CCOc2ccc(O)c(C(N)=O)c2)Cc2ccccc2)cc1S(N)(=O)=O. The molecule has 0 saturated carbocycles. The molecule has 0 aromatic heterocycles. The molecule has 10 nitrogen and oxygen atoms in total. The van der Waals surface area contributed by atoms with Crippen LogP contribution in [0.2, 0.25) is 0 Å². The fourth-order valence-corrected chi connectivity index (χ4v) is 4.38. The molecule has 0 fully saturated rings. The molecule has 0 aliphatic heterocycles. The van der Waals surface area contributed by atoms with Gasteiger partial charge >= 0.3 is 0 Å². The summed E-state index contributed by atoms with van der Waals surface area (Å²) in [6, 6.07) is 18.2. The van der Waals surface area contributed by atoms with Gasteiger partial charge in [-0.2, -0.15) is 0 Å². The minimum Gasteiger partial charge on any atom is -0.507 e. The van der Waals surface area contributed by atoms with Crippen molar-refractivity contribution in [2.75, 3.05) is 26.8 Å². The van der Waals surface area contributed by atoms with Crippen molar-refractivity contribution in [3.05, 3.63) is 83.4 Å². The van der Waals surface area contributed by atoms with Crippen molar-refractivity contribution in [1.29, 1.82) is 0 Å². The smallest absolute Gasteiger partial charge is 0.252 e. The van der Waals surface area contributed by atoms with Gasteiger partial charge in [0.15, 0.2) is 0 Å². The maximum Gasteiger partial charge on any atom is 0.252 e. The first-order valence-corrected chi connectivity index (χ1v) is 12.5. The fraction of sp³-hybridized carbons (Fsp3) is 0.240. The van der Waals surface area contributed by atoms with E-state index in [2.05, 4.69) is 0 Å². The van der Waals surface area contributed by atoms with Gasteiger partial charge in [0.05, 0.1) is 18.8 Å². The molecular formula is C25H29N3O7S. The van der Waals surface area contributed by atoms with Crippen molar-refractivity contribution in [1.82, 2.24) is 4.90 Å². The summed E-state index contributed by atoms with van der Waals surface area (Å²) in [7, 11) is -2.72. The lowest BCUT2D eigenvalue weighted by molar-refractivity contribution is 0.0975. The summed E-state index contributed by atoms with van der Waals surface area (Å²) >= 11 is 0. The van der Waals surface area contributed by atoms with Gasteiger partial charge in [0.25, 0.3) is 5.91 Å². The van der Waals surface area contributed by atoms with Gasteiger partial charge in [0.1, 0.15) is 28.8 Å². The van der Waals surface area contributed by atoms with Crippen LogP contribution < -0.4 is 20.3 Å². The second-order valence-electron chi connectivity index (χ2n) is 8.08. The Morgan fingerprint density at radius 1 is 1.08 bits per heavy atom. The van der Waals surface area contributed by atoms with Crippen LogP contribution in [0.3, 0.4) is 0 Å². The van der Waals surface area contributed by atoms with E-state index in [1.807, 2.05) is 35.2 Å². The molecule has 3 rings (SSSR count). The Morgan fingerprint density at radius 3 is 2.44 bits per heavy atom. The lowest BCUT2D eigenvalue weighted by atomic mass is 10.1. The number of ether oxygens (including phenoxy) is 2. The Kier molecular flexibility index (Phi) is 8.88. The van der Waals surface area contributed by atoms with Gasteiger partial charge in [-0.1, -0.05) is 36.4 Å². The lowest BCUT2D eigenvalue weighted by Crippen LogP contribution is -2.32. The number of primary amides is 1. The monoisotopic (exact) mass is 515 g/mol. The molecule has 192 valence electrons. The molecule has 1 amide bonds. The van der Waals surface area contributed by atoms with Crippen LogP contribution in [0.15, 0.2) is 71.6 Å². The summed E-state index contributed by atoms with van der Waals surface area (Å²) in [6.45, 7) is 1.24. The van der Waals surface area contributed by atoms with Crippen molar-refractivity contribution in [2.45, 2.75) is 17.5 Å². The minimum atomic E-state index is -4.06. The number of aromatic hydroxyl groups is 1. The van der Waals surface area contributed by atoms with E-state index in [0.29, 0.717) is 24.4 Å². The summed E-state index contributed by atoms with van der Waals surface area (Å²) in [4.78, 5) is 13.2. The highest BCUT2D eigenvalue weighted by Gasteiger charge is 2.20. The van der Waals surface area contributed by atoms with Crippen LogP contribution in [-0.2, 0) is 16.6 Å². The normalized spacial score (nSPS) is 12.3. The minimum absolute atomic E-state index is 0.0470. The average molecular weight is 516 g/mol. The Hall–Kier alpha value is -3.64. The van der Waals surface area contributed by atoms with Crippen LogP contribution in [0.5, 0.6) is 17.2 Å². The van der Waals surface area contributed by atoms with Crippen LogP contribution in [0.1, 0.15) is 27.6 Å². The van der Waals surface area contributed by atoms with Crippen molar-refractivity contribution in [2.24, 2.45) is 10.9 Å². The maximum absolute atomic E-state index is 12.0. The van der Waals surface area contributed by atoms with E-state index in [4.69, 9.17) is 20.3 Å². The zero-order chi connectivity index (χ0) is 26.3. The number of phenols is 1. The van der Waals surface area contributed by atoms with Gasteiger partial charge in [-0.05, 0) is 41.5 Å². The molecule has 36 heavy (non-hydrogen) atoms. The number of aliphatic hydroxyl groups is 1. The molecule has 11 heteroatoms. The first-order chi connectivity index (χ1) is 17.1. The first-order valence-electron chi connectivity index (χ1n) is 11.0. The van der Waals surface area contributed by atoms with E-state index in [1.165, 1.54) is 37.4 Å². The Morgan fingerprint density at radius 2 is 1.81 bits per heavy atom. The number of carbonyl (C=O) groups is 1. The second-order valence-corrected chi connectivity index (χ2v) is 9.61. The van der Waals surface area contributed by atoms with Crippen molar-refractivity contribution in [3.8, 4) is 17.2 Å². The number of carbonyl (C=O) groups excluding carboxylic acids is 1. The molecular weight excluding hydrogens is 486 g/mol. The standard InChI is InChI=1S/C25H29N3O7S/c1-34-23-10-7-18(13-24(23)36(27,32)33)22(30)16-28(15-17-5-3-2-4-6-17)11-12-35-19-8-9-21(29)20(14-19)25(26)31/h2-10,13-14,22,29-30H,11-12,15-16H2,1H3,(H2,26,31)(H2,27,32,33). The first kappa shape index (κ1) is 27.0. The molecule has 0 spiro atoms. The van der Waals surface area contributed by atoms with Crippen molar-refractivity contribution in [3.63, 3.8) is 0 Å². The van der Waals surface area contributed by atoms with Crippen LogP contribution in [0.4, 0.5) is 0 Å². The maximum atomic E-state index is 12.0. The van der Waals surface area contributed by atoms with Gasteiger partial charge in [-0.3, -0.25) is 9.69 Å². The third-order valence-electron chi connectivity index (χ3n) is 5.47. The molecule has 0 aliphatic rings. The largest absolute Gasteiger partial charge is 0.507 e. The third kappa shape index (κ3) is 7.18. The molecule has 3 aromatic rings. The van der Waals surface area contributed by atoms with E-state index in [-0.39, 0.29) is 35.1 Å². The van der Waals surface area contributed by atoms with Gasteiger partial charge < -0.3 is 25.4 Å². The predicted octanol–water partition coefficient (Wildman–Crippen LogP) is 1.76. The topological polar surface area (TPSA) is 165 Å². The van der Waals surface area contributed by atoms with Crippen LogP contribution in [0.25, 0.3) is 0 Å². The number of methoxy groups -OCH3 is 1. The summed E-state index contributed by atoms with van der Waals surface area (Å²) in [5.74, 6) is -0.561.